The van der Waals surface area contributed by atoms with Crippen molar-refractivity contribution in [1.29, 1.82) is 0 Å². The molecule has 0 spiro atoms. The molecule has 6 atom stereocenters. The molecule has 0 heteroatoms. The second-order valence-electron chi connectivity index (χ2n) is 14.7. The zero-order valence-corrected chi connectivity index (χ0v) is 27.6. The van der Waals surface area contributed by atoms with Gasteiger partial charge in [-0.25, -0.2) is 0 Å². The van der Waals surface area contributed by atoms with Crippen molar-refractivity contribution < 1.29 is 0 Å². The maximum absolute atomic E-state index is 2.64. The van der Waals surface area contributed by atoms with E-state index >= 15 is 0 Å². The average molecular weight is 507 g/mol. The highest BCUT2D eigenvalue weighted by Crippen LogP contribution is 2.45. The molecule has 0 aliphatic rings. The quantitative estimate of drug-likeness (QED) is 0.114. The third kappa shape index (κ3) is 17.5. The predicted molar refractivity (Wildman–Crippen MR) is 168 cm³/mol. The molecule has 0 amide bonds. The Balaban J connectivity index is 4.57. The molecule has 0 N–H and O–H groups in total. The minimum atomic E-state index is 0.521. The summed E-state index contributed by atoms with van der Waals surface area (Å²) in [6.45, 7) is 27.2. The van der Waals surface area contributed by atoms with E-state index in [1.165, 1.54) is 109 Å². The first-order valence-electron chi connectivity index (χ1n) is 16.9. The van der Waals surface area contributed by atoms with E-state index in [1.54, 1.807) is 0 Å². The van der Waals surface area contributed by atoms with Gasteiger partial charge in [-0.1, -0.05) is 172 Å². The normalized spacial score (nSPS) is 18.2. The topological polar surface area (TPSA) is 0 Å². The Bertz CT molecular complexity index is 476. The van der Waals surface area contributed by atoms with Gasteiger partial charge in [0.1, 0.15) is 0 Å². The lowest BCUT2D eigenvalue weighted by molar-refractivity contribution is 0.0816. The summed E-state index contributed by atoms with van der Waals surface area (Å²) in [6, 6.07) is 0. The molecule has 0 aromatic rings. The Morgan fingerprint density at radius 1 is 0.472 bits per heavy atom. The number of rotatable bonds is 24. The highest BCUT2D eigenvalue weighted by atomic mass is 14.4. The van der Waals surface area contributed by atoms with E-state index in [-0.39, 0.29) is 0 Å². The van der Waals surface area contributed by atoms with Gasteiger partial charge in [0.25, 0.3) is 0 Å². The molecule has 0 aromatic heterocycles. The van der Waals surface area contributed by atoms with Crippen molar-refractivity contribution in [2.24, 2.45) is 46.8 Å². The lowest BCUT2D eigenvalue weighted by Crippen LogP contribution is -2.32. The SMILES string of the molecule is CCCCCC(C)CCC(C)CCCC(C)CCC(C)C(CCCC(C)C)C(C)(CC)CCC(C)C. The van der Waals surface area contributed by atoms with E-state index in [1.807, 2.05) is 0 Å². The van der Waals surface area contributed by atoms with Gasteiger partial charge in [-0.15, -0.1) is 0 Å². The molecule has 0 saturated heterocycles. The first kappa shape index (κ1) is 36.0. The lowest BCUT2D eigenvalue weighted by Gasteiger charge is -2.42. The Hall–Kier alpha value is 0. The first-order valence-corrected chi connectivity index (χ1v) is 16.9. The summed E-state index contributed by atoms with van der Waals surface area (Å²) in [5, 5.41) is 0. The van der Waals surface area contributed by atoms with E-state index in [0.717, 1.165) is 41.4 Å². The Kier molecular flexibility index (Phi) is 20.9. The standard InChI is InChI=1S/C36H74/c1-12-14-15-19-31(7)23-24-32(8)20-17-21-33(9)25-26-34(10)35(22-16-18-29(3)4)36(11,13-2)28-27-30(5)6/h29-35H,12-28H2,1-11H3. The third-order valence-electron chi connectivity index (χ3n) is 9.94. The highest BCUT2D eigenvalue weighted by molar-refractivity contribution is 4.85. The second kappa shape index (κ2) is 20.9. The lowest BCUT2D eigenvalue weighted by atomic mass is 9.63. The van der Waals surface area contributed by atoms with Crippen LogP contribution >= 0.6 is 0 Å². The van der Waals surface area contributed by atoms with Crippen LogP contribution in [0.15, 0.2) is 0 Å². The molecule has 0 nitrogen and oxygen atoms in total. The smallest absolute Gasteiger partial charge is 0.0298 e. The van der Waals surface area contributed by atoms with E-state index < -0.39 is 0 Å². The van der Waals surface area contributed by atoms with Crippen LogP contribution in [0.4, 0.5) is 0 Å². The molecule has 36 heavy (non-hydrogen) atoms. The summed E-state index contributed by atoms with van der Waals surface area (Å²) >= 11 is 0. The summed E-state index contributed by atoms with van der Waals surface area (Å²) in [6.07, 6.45) is 24.2. The van der Waals surface area contributed by atoms with Crippen LogP contribution in [0.2, 0.25) is 0 Å². The molecule has 0 fully saturated rings. The van der Waals surface area contributed by atoms with Crippen LogP contribution < -0.4 is 0 Å². The van der Waals surface area contributed by atoms with Gasteiger partial charge < -0.3 is 0 Å². The van der Waals surface area contributed by atoms with Crippen LogP contribution in [-0.2, 0) is 0 Å². The van der Waals surface area contributed by atoms with Gasteiger partial charge in [0.05, 0.1) is 0 Å². The number of hydrogen-bond acceptors (Lipinski definition) is 0. The number of hydrogen-bond donors (Lipinski definition) is 0. The largest absolute Gasteiger partial charge is 0.0654 e. The zero-order chi connectivity index (χ0) is 27.6. The fourth-order valence-electron chi connectivity index (χ4n) is 6.62. The molecule has 0 radical (unpaired) electrons. The molecule has 0 saturated carbocycles. The highest BCUT2D eigenvalue weighted by Gasteiger charge is 2.35. The number of unbranched alkanes of at least 4 members (excludes halogenated alkanes) is 2. The van der Waals surface area contributed by atoms with Crippen LogP contribution in [0.25, 0.3) is 0 Å². The molecule has 0 rings (SSSR count). The third-order valence-corrected chi connectivity index (χ3v) is 9.94. The fourth-order valence-corrected chi connectivity index (χ4v) is 6.62. The van der Waals surface area contributed by atoms with Gasteiger partial charge in [0.15, 0.2) is 0 Å². The summed E-state index contributed by atoms with van der Waals surface area (Å²) < 4.78 is 0. The average Bonchev–Trinajstić information content (AvgIpc) is 2.82. The molecular formula is C36H74. The Labute approximate surface area is 232 Å². The van der Waals surface area contributed by atoms with E-state index in [9.17, 15) is 0 Å². The van der Waals surface area contributed by atoms with Gasteiger partial charge in [-0.05, 0) is 59.7 Å². The first-order chi connectivity index (χ1) is 16.9. The maximum atomic E-state index is 2.64. The van der Waals surface area contributed by atoms with Crippen molar-refractivity contribution in [2.75, 3.05) is 0 Å². The molecule has 0 heterocycles. The fraction of sp³-hybridized carbons (Fsp3) is 1.00. The van der Waals surface area contributed by atoms with Crippen LogP contribution in [0.1, 0.15) is 185 Å². The van der Waals surface area contributed by atoms with Crippen LogP contribution in [0, 0.1) is 46.8 Å². The van der Waals surface area contributed by atoms with Crippen molar-refractivity contribution >= 4 is 0 Å². The maximum Gasteiger partial charge on any atom is -0.0298 e. The van der Waals surface area contributed by atoms with Crippen molar-refractivity contribution in [3.8, 4) is 0 Å². The van der Waals surface area contributed by atoms with Crippen LogP contribution in [0.5, 0.6) is 0 Å². The summed E-state index contributed by atoms with van der Waals surface area (Å²) in [4.78, 5) is 0. The van der Waals surface area contributed by atoms with E-state index in [2.05, 4.69) is 76.2 Å². The molecular weight excluding hydrogens is 432 g/mol. The summed E-state index contributed by atoms with van der Waals surface area (Å²) in [5.41, 5.74) is 0.521. The molecule has 6 unspecified atom stereocenters. The van der Waals surface area contributed by atoms with E-state index in [4.69, 9.17) is 0 Å². The second-order valence-corrected chi connectivity index (χ2v) is 14.7. The van der Waals surface area contributed by atoms with E-state index in [0.29, 0.717) is 5.41 Å². The summed E-state index contributed by atoms with van der Waals surface area (Å²) in [5.74, 6) is 6.18. The van der Waals surface area contributed by atoms with Gasteiger partial charge in [0.2, 0.25) is 0 Å². The molecule has 0 bridgehead atoms. The molecule has 0 aromatic carbocycles. The van der Waals surface area contributed by atoms with Crippen LogP contribution in [0.3, 0.4) is 0 Å². The molecule has 0 aliphatic carbocycles. The minimum Gasteiger partial charge on any atom is -0.0654 e. The van der Waals surface area contributed by atoms with Crippen molar-refractivity contribution in [2.45, 2.75) is 185 Å². The van der Waals surface area contributed by atoms with Gasteiger partial charge in [0, 0.05) is 0 Å². The molecule has 218 valence electrons. The minimum absolute atomic E-state index is 0.521. The predicted octanol–water partition coefficient (Wildman–Crippen LogP) is 13.1. The van der Waals surface area contributed by atoms with Gasteiger partial charge >= 0.3 is 0 Å². The van der Waals surface area contributed by atoms with Crippen molar-refractivity contribution in [3.63, 3.8) is 0 Å². The van der Waals surface area contributed by atoms with Crippen LogP contribution in [-0.4, -0.2) is 0 Å². The van der Waals surface area contributed by atoms with Crippen molar-refractivity contribution in [3.05, 3.63) is 0 Å². The Morgan fingerprint density at radius 2 is 0.944 bits per heavy atom. The van der Waals surface area contributed by atoms with Crippen molar-refractivity contribution in [1.82, 2.24) is 0 Å². The van der Waals surface area contributed by atoms with Gasteiger partial charge in [-0.2, -0.15) is 0 Å². The zero-order valence-electron chi connectivity index (χ0n) is 27.6. The Morgan fingerprint density at radius 3 is 1.42 bits per heavy atom. The summed E-state index contributed by atoms with van der Waals surface area (Å²) in [7, 11) is 0. The molecule has 0 aliphatic heterocycles. The van der Waals surface area contributed by atoms with Gasteiger partial charge in [-0.3, -0.25) is 0 Å². The monoisotopic (exact) mass is 507 g/mol.